The number of rotatable bonds is 5. The summed E-state index contributed by atoms with van der Waals surface area (Å²) in [7, 11) is -3.91. The van der Waals surface area contributed by atoms with E-state index in [0.717, 1.165) is 0 Å². The van der Waals surface area contributed by atoms with Crippen molar-refractivity contribution in [2.75, 3.05) is 0 Å². The molecule has 0 fully saturated rings. The van der Waals surface area contributed by atoms with Gasteiger partial charge in [-0.15, -0.1) is 10.2 Å². The third-order valence-electron chi connectivity index (χ3n) is 4.36. The van der Waals surface area contributed by atoms with Gasteiger partial charge in [-0.2, -0.15) is 5.21 Å². The van der Waals surface area contributed by atoms with E-state index in [1.165, 1.54) is 24.3 Å². The molecule has 0 radical (unpaired) electrons. The summed E-state index contributed by atoms with van der Waals surface area (Å²) in [6.07, 6.45) is 0. The molecule has 0 unspecified atom stereocenters. The fraction of sp³-hybridized carbons (Fsp3) is 0.0500. The molecule has 0 aliphatic carbocycles. The number of halogens is 2. The molecule has 0 saturated heterocycles. The number of hydrogen-bond acceptors (Lipinski definition) is 5. The van der Waals surface area contributed by atoms with E-state index in [9.17, 15) is 17.2 Å². The van der Waals surface area contributed by atoms with Crippen LogP contribution in [0, 0.1) is 11.6 Å². The van der Waals surface area contributed by atoms with Crippen LogP contribution in [0.25, 0.3) is 22.5 Å². The predicted molar refractivity (Wildman–Crippen MR) is 102 cm³/mol. The number of nitrogens with one attached hydrogen (secondary N) is 1. The van der Waals surface area contributed by atoms with Gasteiger partial charge in [0.1, 0.15) is 11.6 Å². The summed E-state index contributed by atoms with van der Waals surface area (Å²) in [5.74, 6) is -2.05. The van der Waals surface area contributed by atoms with Crippen LogP contribution in [0.5, 0.6) is 0 Å². The predicted octanol–water partition coefficient (Wildman–Crippen LogP) is 3.79. The van der Waals surface area contributed by atoms with Crippen molar-refractivity contribution >= 4 is 9.84 Å². The molecular weight excluding hydrogens is 398 g/mol. The Labute approximate surface area is 165 Å². The first-order valence-corrected chi connectivity index (χ1v) is 10.2. The summed E-state index contributed by atoms with van der Waals surface area (Å²) in [6, 6.07) is 16.5. The summed E-state index contributed by atoms with van der Waals surface area (Å²) in [5, 5.41) is 13.4. The van der Waals surface area contributed by atoms with E-state index in [-0.39, 0.29) is 21.8 Å². The lowest BCUT2D eigenvalue weighted by Crippen LogP contribution is -2.07. The number of tetrazole rings is 1. The number of nitrogens with zero attached hydrogens (tertiary/aromatic N) is 3. The highest BCUT2D eigenvalue weighted by Gasteiger charge is 2.21. The topological polar surface area (TPSA) is 88.6 Å². The molecule has 0 atom stereocenters. The number of H-pyrrole nitrogens is 1. The molecule has 4 aromatic rings. The van der Waals surface area contributed by atoms with Gasteiger partial charge in [0.15, 0.2) is 9.84 Å². The number of aromatic amines is 1. The highest BCUT2D eigenvalue weighted by molar-refractivity contribution is 7.90. The average molecular weight is 412 g/mol. The maximum absolute atomic E-state index is 14.4. The molecule has 0 saturated carbocycles. The van der Waals surface area contributed by atoms with E-state index in [1.54, 1.807) is 36.4 Å². The number of benzene rings is 3. The molecule has 0 aliphatic rings. The minimum Gasteiger partial charge on any atom is -0.223 e. The first-order valence-electron chi connectivity index (χ1n) is 8.54. The third kappa shape index (κ3) is 3.90. The Hall–Kier alpha value is -3.46. The Morgan fingerprint density at radius 2 is 1.62 bits per heavy atom. The summed E-state index contributed by atoms with van der Waals surface area (Å²) in [6.45, 7) is 0. The zero-order valence-corrected chi connectivity index (χ0v) is 15.7. The van der Waals surface area contributed by atoms with Crippen LogP contribution in [0.1, 0.15) is 5.56 Å². The van der Waals surface area contributed by atoms with Gasteiger partial charge in [0.05, 0.1) is 10.6 Å². The Bertz CT molecular complexity index is 1260. The molecule has 0 aliphatic heterocycles. The van der Waals surface area contributed by atoms with E-state index in [4.69, 9.17) is 0 Å². The van der Waals surface area contributed by atoms with Crippen LogP contribution in [0.3, 0.4) is 0 Å². The first-order chi connectivity index (χ1) is 13.9. The molecule has 1 heterocycles. The van der Waals surface area contributed by atoms with Crippen molar-refractivity contribution < 1.29 is 17.2 Å². The minimum atomic E-state index is -3.91. The van der Waals surface area contributed by atoms with Crippen molar-refractivity contribution in [3.8, 4) is 22.5 Å². The van der Waals surface area contributed by atoms with E-state index in [2.05, 4.69) is 20.6 Å². The molecule has 1 N–H and O–H groups in total. The summed E-state index contributed by atoms with van der Waals surface area (Å²) in [5.41, 5.74) is 1.00. The maximum Gasteiger partial charge on any atom is 0.204 e. The second kappa shape index (κ2) is 7.51. The molecule has 1 aromatic heterocycles. The summed E-state index contributed by atoms with van der Waals surface area (Å²) >= 11 is 0. The first kappa shape index (κ1) is 18.9. The van der Waals surface area contributed by atoms with Crippen molar-refractivity contribution in [3.05, 3.63) is 83.9 Å². The molecular formula is C20H14F2N4O2S. The monoisotopic (exact) mass is 412 g/mol. The quantitative estimate of drug-likeness (QED) is 0.539. The molecule has 0 amide bonds. The Kier molecular flexibility index (Phi) is 4.89. The van der Waals surface area contributed by atoms with Crippen molar-refractivity contribution in [1.29, 1.82) is 0 Å². The van der Waals surface area contributed by atoms with Gasteiger partial charge in [-0.1, -0.05) is 42.5 Å². The van der Waals surface area contributed by atoms with Gasteiger partial charge in [0.2, 0.25) is 5.82 Å². The van der Waals surface area contributed by atoms with Gasteiger partial charge in [0.25, 0.3) is 0 Å². The van der Waals surface area contributed by atoms with Crippen molar-refractivity contribution in [2.24, 2.45) is 0 Å². The molecule has 0 spiro atoms. The van der Waals surface area contributed by atoms with Crippen LogP contribution < -0.4 is 0 Å². The lowest BCUT2D eigenvalue weighted by molar-refractivity contribution is 0.571. The second-order valence-corrected chi connectivity index (χ2v) is 8.30. The number of hydrogen-bond donors (Lipinski definition) is 1. The normalized spacial score (nSPS) is 11.5. The highest BCUT2D eigenvalue weighted by Crippen LogP contribution is 2.28. The zero-order valence-electron chi connectivity index (χ0n) is 14.9. The van der Waals surface area contributed by atoms with E-state index < -0.39 is 27.2 Å². The molecule has 4 rings (SSSR count). The second-order valence-electron chi connectivity index (χ2n) is 6.31. The van der Waals surface area contributed by atoms with E-state index >= 15 is 0 Å². The SMILES string of the molecule is O=S(=O)(Cc1cc(-c2ccccc2)c(F)cc1F)c1cccc(-c2nn[nH]n2)c1. The van der Waals surface area contributed by atoms with Gasteiger partial charge in [-0.3, -0.25) is 0 Å². The van der Waals surface area contributed by atoms with Gasteiger partial charge in [-0.25, -0.2) is 17.2 Å². The molecule has 0 bridgehead atoms. The van der Waals surface area contributed by atoms with Gasteiger partial charge < -0.3 is 0 Å². The van der Waals surface area contributed by atoms with Crippen LogP contribution >= 0.6 is 0 Å². The van der Waals surface area contributed by atoms with Gasteiger partial charge >= 0.3 is 0 Å². The fourth-order valence-corrected chi connectivity index (χ4v) is 4.33. The zero-order chi connectivity index (χ0) is 20.4. The van der Waals surface area contributed by atoms with Crippen molar-refractivity contribution in [2.45, 2.75) is 10.6 Å². The van der Waals surface area contributed by atoms with Crippen LogP contribution in [0.15, 0.2) is 71.6 Å². The molecule has 146 valence electrons. The Balaban J connectivity index is 1.71. The van der Waals surface area contributed by atoms with Crippen LogP contribution in [0.2, 0.25) is 0 Å². The molecule has 6 nitrogen and oxygen atoms in total. The smallest absolute Gasteiger partial charge is 0.204 e. The summed E-state index contributed by atoms with van der Waals surface area (Å²) in [4.78, 5) is -0.0233. The van der Waals surface area contributed by atoms with E-state index in [1.807, 2.05) is 0 Å². The van der Waals surface area contributed by atoms with Crippen LogP contribution in [0.4, 0.5) is 8.78 Å². The van der Waals surface area contributed by atoms with Crippen molar-refractivity contribution in [1.82, 2.24) is 20.6 Å². The van der Waals surface area contributed by atoms with Crippen LogP contribution in [-0.2, 0) is 15.6 Å². The fourth-order valence-electron chi connectivity index (χ4n) is 2.94. The Morgan fingerprint density at radius 1 is 0.862 bits per heavy atom. The van der Waals surface area contributed by atoms with E-state index in [0.29, 0.717) is 17.2 Å². The van der Waals surface area contributed by atoms with Gasteiger partial charge in [-0.05, 0) is 29.0 Å². The number of aromatic nitrogens is 4. The van der Waals surface area contributed by atoms with Crippen molar-refractivity contribution in [3.63, 3.8) is 0 Å². The molecule has 3 aromatic carbocycles. The molecule has 29 heavy (non-hydrogen) atoms. The average Bonchev–Trinajstić information content (AvgIpc) is 3.26. The summed E-state index contributed by atoms with van der Waals surface area (Å²) < 4.78 is 54.4. The number of sulfone groups is 1. The molecule has 9 heteroatoms. The van der Waals surface area contributed by atoms with Gasteiger partial charge in [0, 0.05) is 22.8 Å². The largest absolute Gasteiger partial charge is 0.223 e. The van der Waals surface area contributed by atoms with Crippen LogP contribution in [-0.4, -0.2) is 29.0 Å². The third-order valence-corrected chi connectivity index (χ3v) is 6.03. The highest BCUT2D eigenvalue weighted by atomic mass is 32.2. The maximum atomic E-state index is 14.4. The minimum absolute atomic E-state index is 0.0233. The Morgan fingerprint density at radius 3 is 2.34 bits per heavy atom. The lowest BCUT2D eigenvalue weighted by Gasteiger charge is -2.10. The standard InChI is InChI=1S/C20H14F2N4O2S/c21-18-11-19(22)17(13-5-2-1-3-6-13)10-15(18)12-29(27,28)16-8-4-7-14(9-16)20-23-25-26-24-20/h1-11H,12H2,(H,23,24,25,26). The lowest BCUT2D eigenvalue weighted by atomic mass is 10.0.